The van der Waals surface area contributed by atoms with Crippen LogP contribution in [0.25, 0.3) is 11.3 Å². The molecule has 148 valence electrons. The van der Waals surface area contributed by atoms with Crippen LogP contribution in [0.3, 0.4) is 0 Å². The average Bonchev–Trinajstić information content (AvgIpc) is 3.17. The van der Waals surface area contributed by atoms with Crippen LogP contribution in [0.5, 0.6) is 0 Å². The number of hydrogen-bond donors (Lipinski definition) is 1. The molecule has 0 atom stereocenters. The van der Waals surface area contributed by atoms with Crippen LogP contribution in [0.2, 0.25) is 0 Å². The van der Waals surface area contributed by atoms with Gasteiger partial charge in [-0.15, -0.1) is 0 Å². The molecule has 3 aromatic rings. The summed E-state index contributed by atoms with van der Waals surface area (Å²) in [7, 11) is 1.29. The minimum atomic E-state index is -4.63. The Kier molecular flexibility index (Phi) is 4.97. The van der Waals surface area contributed by atoms with Gasteiger partial charge >= 0.3 is 6.18 Å². The highest BCUT2D eigenvalue weighted by molar-refractivity contribution is 6.05. The Hall–Kier alpha value is -3.17. The Morgan fingerprint density at radius 2 is 2.00 bits per heavy atom. The lowest BCUT2D eigenvalue weighted by atomic mass is 10.1. The highest BCUT2D eigenvalue weighted by atomic mass is 19.4. The zero-order chi connectivity index (χ0) is 20.6. The highest BCUT2D eigenvalue weighted by Gasteiger charge is 2.35. The van der Waals surface area contributed by atoms with Crippen molar-refractivity contribution in [2.24, 2.45) is 7.05 Å². The maximum absolute atomic E-state index is 14.5. The van der Waals surface area contributed by atoms with Gasteiger partial charge in [-0.2, -0.15) is 18.3 Å². The molecule has 0 spiro atoms. The van der Waals surface area contributed by atoms with Crippen molar-refractivity contribution in [3.05, 3.63) is 52.8 Å². The number of nitrogens with zero attached hydrogens (tertiary/aromatic N) is 3. The summed E-state index contributed by atoms with van der Waals surface area (Å²) in [6, 6.07) is 4.47. The number of aryl methyl sites for hydroxylation is 3. The molecule has 0 aliphatic rings. The van der Waals surface area contributed by atoms with Gasteiger partial charge in [-0.05, 0) is 37.6 Å². The number of halogens is 4. The molecule has 0 fully saturated rings. The van der Waals surface area contributed by atoms with Crippen LogP contribution in [0.4, 0.5) is 23.2 Å². The number of hydrogen-bond acceptors (Lipinski definition) is 4. The van der Waals surface area contributed by atoms with Gasteiger partial charge in [0, 0.05) is 18.3 Å². The predicted octanol–water partition coefficient (Wildman–Crippen LogP) is 4.36. The van der Waals surface area contributed by atoms with E-state index >= 15 is 0 Å². The maximum Gasteiger partial charge on any atom is 0.435 e. The van der Waals surface area contributed by atoms with Gasteiger partial charge in [-0.3, -0.25) is 9.48 Å². The number of anilines is 1. The number of alkyl halides is 3. The molecular formula is C18H16F4N4O2. The molecule has 3 rings (SSSR count). The van der Waals surface area contributed by atoms with Gasteiger partial charge in [0.2, 0.25) is 0 Å². The summed E-state index contributed by atoms with van der Waals surface area (Å²) in [5.41, 5.74) is -0.330. The standard InChI is InChI=1S/C18H16F4N4O2/c1-4-13-16(9(2)28-25-13)17(27)23-10-5-6-11(12(19)7-10)14-8-15(18(20,21)22)24-26(14)3/h5-8H,4H2,1-3H3,(H,23,27). The van der Waals surface area contributed by atoms with Crippen molar-refractivity contribution < 1.29 is 26.9 Å². The molecule has 0 bridgehead atoms. The maximum atomic E-state index is 14.5. The lowest BCUT2D eigenvalue weighted by Gasteiger charge is -2.08. The molecule has 10 heteroatoms. The lowest BCUT2D eigenvalue weighted by Crippen LogP contribution is -2.14. The van der Waals surface area contributed by atoms with E-state index in [0.29, 0.717) is 17.9 Å². The molecule has 0 saturated heterocycles. The third-order valence-electron chi connectivity index (χ3n) is 4.17. The smallest absolute Gasteiger partial charge is 0.361 e. The van der Waals surface area contributed by atoms with Gasteiger partial charge in [0.15, 0.2) is 5.69 Å². The van der Waals surface area contributed by atoms with Crippen molar-refractivity contribution in [2.45, 2.75) is 26.4 Å². The number of rotatable bonds is 4. The molecular weight excluding hydrogens is 380 g/mol. The Bertz CT molecular complexity index is 1040. The van der Waals surface area contributed by atoms with E-state index in [-0.39, 0.29) is 22.5 Å². The molecule has 0 saturated carbocycles. The monoisotopic (exact) mass is 396 g/mol. The van der Waals surface area contributed by atoms with Crippen LogP contribution in [0.15, 0.2) is 28.8 Å². The first-order chi connectivity index (χ1) is 13.1. The van der Waals surface area contributed by atoms with Gasteiger partial charge in [-0.25, -0.2) is 4.39 Å². The molecule has 1 N–H and O–H groups in total. The summed E-state index contributed by atoms with van der Waals surface area (Å²) in [6.07, 6.45) is -4.15. The Morgan fingerprint density at radius 3 is 2.57 bits per heavy atom. The fourth-order valence-electron chi connectivity index (χ4n) is 2.80. The van der Waals surface area contributed by atoms with E-state index in [4.69, 9.17) is 4.52 Å². The van der Waals surface area contributed by atoms with Crippen molar-refractivity contribution >= 4 is 11.6 Å². The molecule has 2 aromatic heterocycles. The molecule has 0 unspecified atom stereocenters. The average molecular weight is 396 g/mol. The number of aromatic nitrogens is 3. The van der Waals surface area contributed by atoms with E-state index < -0.39 is 23.6 Å². The topological polar surface area (TPSA) is 73.0 Å². The van der Waals surface area contributed by atoms with Crippen LogP contribution < -0.4 is 5.32 Å². The Morgan fingerprint density at radius 1 is 1.29 bits per heavy atom. The van der Waals surface area contributed by atoms with Crippen LogP contribution in [-0.4, -0.2) is 20.8 Å². The van der Waals surface area contributed by atoms with Crippen molar-refractivity contribution in [1.82, 2.24) is 14.9 Å². The zero-order valence-electron chi connectivity index (χ0n) is 15.2. The third-order valence-corrected chi connectivity index (χ3v) is 4.17. The number of amides is 1. The minimum Gasteiger partial charge on any atom is -0.361 e. The van der Waals surface area contributed by atoms with Gasteiger partial charge in [-0.1, -0.05) is 12.1 Å². The van der Waals surface area contributed by atoms with Gasteiger partial charge in [0.1, 0.15) is 17.1 Å². The van der Waals surface area contributed by atoms with Crippen molar-refractivity contribution in [1.29, 1.82) is 0 Å². The van der Waals surface area contributed by atoms with Crippen LogP contribution in [-0.2, 0) is 19.6 Å². The van der Waals surface area contributed by atoms with E-state index in [1.807, 2.05) is 6.92 Å². The lowest BCUT2D eigenvalue weighted by molar-refractivity contribution is -0.141. The van der Waals surface area contributed by atoms with Crippen LogP contribution in [0, 0.1) is 12.7 Å². The minimum absolute atomic E-state index is 0.0363. The molecule has 0 aliphatic carbocycles. The normalized spacial score (nSPS) is 11.7. The van der Waals surface area contributed by atoms with Gasteiger partial charge in [0.25, 0.3) is 5.91 Å². The SMILES string of the molecule is CCc1noc(C)c1C(=O)Nc1ccc(-c2cc(C(F)(F)F)nn2C)c(F)c1. The molecule has 0 radical (unpaired) electrons. The summed E-state index contributed by atoms with van der Waals surface area (Å²) in [5, 5.41) is 9.70. The summed E-state index contributed by atoms with van der Waals surface area (Å²) < 4.78 is 58.9. The number of carbonyl (C=O) groups is 1. The quantitative estimate of drug-likeness (QED) is 0.666. The van der Waals surface area contributed by atoms with E-state index in [0.717, 1.165) is 16.8 Å². The fourth-order valence-corrected chi connectivity index (χ4v) is 2.80. The second-order valence-corrected chi connectivity index (χ2v) is 6.10. The molecule has 28 heavy (non-hydrogen) atoms. The largest absolute Gasteiger partial charge is 0.435 e. The molecule has 1 aromatic carbocycles. The van der Waals surface area contributed by atoms with Crippen LogP contribution >= 0.6 is 0 Å². The van der Waals surface area contributed by atoms with E-state index in [2.05, 4.69) is 15.6 Å². The van der Waals surface area contributed by atoms with Crippen molar-refractivity contribution in [3.63, 3.8) is 0 Å². The van der Waals surface area contributed by atoms with Gasteiger partial charge < -0.3 is 9.84 Å². The van der Waals surface area contributed by atoms with E-state index in [1.54, 1.807) is 6.92 Å². The van der Waals surface area contributed by atoms with Gasteiger partial charge in [0.05, 0.1) is 11.4 Å². The first-order valence-corrected chi connectivity index (χ1v) is 8.29. The molecule has 0 aliphatic heterocycles. The predicted molar refractivity (Wildman–Crippen MR) is 92.2 cm³/mol. The molecule has 1 amide bonds. The van der Waals surface area contributed by atoms with Crippen molar-refractivity contribution in [2.75, 3.05) is 5.32 Å². The second kappa shape index (κ2) is 7.10. The summed E-state index contributed by atoms with van der Waals surface area (Å²) in [6.45, 7) is 3.40. The van der Waals surface area contributed by atoms with E-state index in [9.17, 15) is 22.4 Å². The number of nitrogens with one attached hydrogen (secondary N) is 1. The van der Waals surface area contributed by atoms with E-state index in [1.165, 1.54) is 19.2 Å². The zero-order valence-corrected chi connectivity index (χ0v) is 15.2. The summed E-state index contributed by atoms with van der Waals surface area (Å²) >= 11 is 0. The number of carbonyl (C=O) groups excluding carboxylic acids is 1. The Labute approximate surface area is 157 Å². The third kappa shape index (κ3) is 3.62. The molecule has 2 heterocycles. The van der Waals surface area contributed by atoms with Crippen LogP contribution in [0.1, 0.15) is 34.4 Å². The summed E-state index contributed by atoms with van der Waals surface area (Å²) in [4.78, 5) is 12.4. The second-order valence-electron chi connectivity index (χ2n) is 6.10. The van der Waals surface area contributed by atoms with Crippen molar-refractivity contribution in [3.8, 4) is 11.3 Å². The number of benzene rings is 1. The summed E-state index contributed by atoms with van der Waals surface area (Å²) in [5.74, 6) is -0.976. The fraction of sp³-hybridized carbons (Fsp3) is 0.278. The highest BCUT2D eigenvalue weighted by Crippen LogP contribution is 2.33. The first-order valence-electron chi connectivity index (χ1n) is 8.29. The molecule has 6 nitrogen and oxygen atoms in total. The Balaban J connectivity index is 1.88. The first kappa shape index (κ1) is 19.6.